The molecule has 98 valence electrons. The summed E-state index contributed by atoms with van der Waals surface area (Å²) >= 11 is 0. The Morgan fingerprint density at radius 1 is 1.39 bits per heavy atom. The molecule has 1 aliphatic rings. The Labute approximate surface area is 107 Å². The Morgan fingerprint density at radius 2 is 2.17 bits per heavy atom. The lowest BCUT2D eigenvalue weighted by Gasteiger charge is -2.15. The molecule has 1 aromatic rings. The molecule has 1 aromatic carbocycles. The van der Waals surface area contributed by atoms with E-state index in [0.717, 1.165) is 26.1 Å². The van der Waals surface area contributed by atoms with E-state index in [1.165, 1.54) is 5.56 Å². The number of nitrogens with zero attached hydrogens (tertiary/aromatic N) is 1. The quantitative estimate of drug-likeness (QED) is 0.832. The molecule has 18 heavy (non-hydrogen) atoms. The van der Waals surface area contributed by atoms with E-state index in [-0.39, 0.29) is 6.61 Å². The van der Waals surface area contributed by atoms with Gasteiger partial charge in [0.15, 0.2) is 0 Å². The topological polar surface area (TPSA) is 49.8 Å². The van der Waals surface area contributed by atoms with Gasteiger partial charge in [-0.3, -0.25) is 4.90 Å². The second kappa shape index (κ2) is 6.52. The van der Waals surface area contributed by atoms with E-state index in [0.29, 0.717) is 12.5 Å². The molecule has 4 nitrogen and oxygen atoms in total. The second-order valence-electron chi connectivity index (χ2n) is 4.78. The number of carboxylic acids is 1. The van der Waals surface area contributed by atoms with E-state index >= 15 is 0 Å². The van der Waals surface area contributed by atoms with Gasteiger partial charge < -0.3 is 9.84 Å². The maximum atomic E-state index is 10.3. The predicted octanol–water partition coefficient (Wildman–Crippen LogP) is 1.61. The predicted molar refractivity (Wildman–Crippen MR) is 68.3 cm³/mol. The van der Waals surface area contributed by atoms with Crippen molar-refractivity contribution in [3.05, 3.63) is 35.9 Å². The summed E-state index contributed by atoms with van der Waals surface area (Å²) in [5, 5.41) is 8.50. The molecular weight excluding hydrogens is 230 g/mol. The van der Waals surface area contributed by atoms with Crippen LogP contribution >= 0.6 is 0 Å². The molecule has 0 radical (unpaired) electrons. The van der Waals surface area contributed by atoms with Gasteiger partial charge in [-0.1, -0.05) is 30.3 Å². The zero-order valence-electron chi connectivity index (χ0n) is 10.4. The van der Waals surface area contributed by atoms with E-state index in [1.54, 1.807) is 0 Å². The summed E-state index contributed by atoms with van der Waals surface area (Å²) in [6, 6.07) is 10.4. The van der Waals surface area contributed by atoms with Crippen LogP contribution in [-0.2, 0) is 16.1 Å². The monoisotopic (exact) mass is 249 g/mol. The van der Waals surface area contributed by atoms with Crippen molar-refractivity contribution in [3.8, 4) is 0 Å². The number of aliphatic carboxylic acids is 1. The minimum absolute atomic E-state index is 0.185. The molecule has 1 aliphatic heterocycles. The third-order valence-electron chi connectivity index (χ3n) is 3.20. The number of ether oxygens (including phenoxy) is 1. The van der Waals surface area contributed by atoms with Crippen LogP contribution < -0.4 is 0 Å². The number of carboxylic acid groups (broad SMARTS) is 1. The van der Waals surface area contributed by atoms with Crippen LogP contribution in [0.25, 0.3) is 0 Å². The van der Waals surface area contributed by atoms with Gasteiger partial charge in [-0.05, 0) is 24.4 Å². The molecule has 1 heterocycles. The van der Waals surface area contributed by atoms with Gasteiger partial charge in [0, 0.05) is 13.1 Å². The van der Waals surface area contributed by atoms with Crippen LogP contribution in [0.1, 0.15) is 12.0 Å². The van der Waals surface area contributed by atoms with Crippen molar-refractivity contribution in [3.63, 3.8) is 0 Å². The zero-order chi connectivity index (χ0) is 12.8. The lowest BCUT2D eigenvalue weighted by molar-refractivity contribution is -0.142. The summed E-state index contributed by atoms with van der Waals surface area (Å²) in [7, 11) is 0. The van der Waals surface area contributed by atoms with Gasteiger partial charge in [0.2, 0.25) is 0 Å². The maximum Gasteiger partial charge on any atom is 0.329 e. The summed E-state index contributed by atoms with van der Waals surface area (Å²) in [6.07, 6.45) is 1.09. The van der Waals surface area contributed by atoms with Gasteiger partial charge in [0.05, 0.1) is 6.61 Å². The van der Waals surface area contributed by atoms with Crippen LogP contribution in [0.4, 0.5) is 0 Å². The average molecular weight is 249 g/mol. The Hall–Kier alpha value is -1.39. The molecule has 1 unspecified atom stereocenters. The van der Waals surface area contributed by atoms with E-state index in [2.05, 4.69) is 29.2 Å². The second-order valence-corrected chi connectivity index (χ2v) is 4.78. The van der Waals surface area contributed by atoms with Crippen molar-refractivity contribution < 1.29 is 14.6 Å². The number of benzene rings is 1. The van der Waals surface area contributed by atoms with Crippen molar-refractivity contribution >= 4 is 5.97 Å². The molecule has 1 atom stereocenters. The molecule has 1 N–H and O–H groups in total. The summed E-state index contributed by atoms with van der Waals surface area (Å²) in [5.41, 5.74) is 1.32. The highest BCUT2D eigenvalue weighted by atomic mass is 16.5. The minimum Gasteiger partial charge on any atom is -0.480 e. The minimum atomic E-state index is -0.894. The first-order chi connectivity index (χ1) is 8.74. The number of hydrogen-bond donors (Lipinski definition) is 1. The van der Waals surface area contributed by atoms with Gasteiger partial charge >= 0.3 is 5.97 Å². The fraction of sp³-hybridized carbons (Fsp3) is 0.500. The average Bonchev–Trinajstić information content (AvgIpc) is 2.78. The Bertz CT molecular complexity index is 380. The third-order valence-corrected chi connectivity index (χ3v) is 3.20. The smallest absolute Gasteiger partial charge is 0.329 e. The van der Waals surface area contributed by atoms with Crippen LogP contribution in [0.15, 0.2) is 30.3 Å². The molecule has 0 aliphatic carbocycles. The highest BCUT2D eigenvalue weighted by Gasteiger charge is 2.22. The number of rotatable bonds is 6. The Kier molecular flexibility index (Phi) is 4.73. The van der Waals surface area contributed by atoms with Crippen LogP contribution in [0.5, 0.6) is 0 Å². The van der Waals surface area contributed by atoms with Gasteiger partial charge in [-0.25, -0.2) is 4.79 Å². The molecule has 0 saturated carbocycles. The van der Waals surface area contributed by atoms with Crippen molar-refractivity contribution in [1.29, 1.82) is 0 Å². The van der Waals surface area contributed by atoms with Gasteiger partial charge in [0.25, 0.3) is 0 Å². The maximum absolute atomic E-state index is 10.3. The fourth-order valence-corrected chi connectivity index (χ4v) is 2.35. The summed E-state index contributed by atoms with van der Waals surface area (Å²) < 4.78 is 5.15. The van der Waals surface area contributed by atoms with Crippen LogP contribution in [0.3, 0.4) is 0 Å². The number of hydrogen-bond acceptors (Lipinski definition) is 3. The van der Waals surface area contributed by atoms with Gasteiger partial charge in [0.1, 0.15) is 6.61 Å². The van der Waals surface area contributed by atoms with Crippen molar-refractivity contribution in [2.24, 2.45) is 5.92 Å². The first kappa shape index (κ1) is 13.1. The lowest BCUT2D eigenvalue weighted by atomic mass is 10.1. The molecule has 0 bridgehead atoms. The highest BCUT2D eigenvalue weighted by Crippen LogP contribution is 2.18. The van der Waals surface area contributed by atoms with Crippen LogP contribution in [0, 0.1) is 5.92 Å². The molecule has 0 aromatic heterocycles. The standard InChI is InChI=1S/C14H19NO3/c16-14(17)11-18-10-13-6-7-15(9-13)8-12-4-2-1-3-5-12/h1-5,13H,6-11H2,(H,16,17). The molecule has 2 rings (SSSR count). The van der Waals surface area contributed by atoms with Crippen molar-refractivity contribution in [2.45, 2.75) is 13.0 Å². The first-order valence-corrected chi connectivity index (χ1v) is 6.30. The van der Waals surface area contributed by atoms with E-state index in [1.807, 2.05) is 6.07 Å². The summed E-state index contributed by atoms with van der Waals surface area (Å²) in [6.45, 7) is 3.40. The van der Waals surface area contributed by atoms with Crippen LogP contribution in [-0.4, -0.2) is 42.3 Å². The summed E-state index contributed by atoms with van der Waals surface area (Å²) in [4.78, 5) is 12.7. The number of carbonyl (C=O) groups is 1. The largest absolute Gasteiger partial charge is 0.480 e. The number of likely N-dealkylation sites (tertiary alicyclic amines) is 1. The lowest BCUT2D eigenvalue weighted by Crippen LogP contribution is -2.22. The van der Waals surface area contributed by atoms with E-state index in [9.17, 15) is 4.79 Å². The molecule has 4 heteroatoms. The summed E-state index contributed by atoms with van der Waals surface area (Å²) in [5.74, 6) is -0.429. The first-order valence-electron chi connectivity index (χ1n) is 6.30. The van der Waals surface area contributed by atoms with Gasteiger partial charge in [-0.2, -0.15) is 0 Å². The van der Waals surface area contributed by atoms with Crippen LogP contribution in [0.2, 0.25) is 0 Å². The molecule has 1 saturated heterocycles. The zero-order valence-corrected chi connectivity index (χ0v) is 10.4. The van der Waals surface area contributed by atoms with Gasteiger partial charge in [-0.15, -0.1) is 0 Å². The van der Waals surface area contributed by atoms with Crippen molar-refractivity contribution in [1.82, 2.24) is 4.90 Å². The normalized spacial score (nSPS) is 20.1. The Balaban J connectivity index is 1.70. The van der Waals surface area contributed by atoms with Crippen molar-refractivity contribution in [2.75, 3.05) is 26.3 Å². The molecule has 0 spiro atoms. The molecule has 0 amide bonds. The fourth-order valence-electron chi connectivity index (χ4n) is 2.35. The van der Waals surface area contributed by atoms with E-state index < -0.39 is 5.97 Å². The Morgan fingerprint density at radius 3 is 2.89 bits per heavy atom. The highest BCUT2D eigenvalue weighted by molar-refractivity contribution is 5.67. The SMILES string of the molecule is O=C(O)COCC1CCN(Cc2ccccc2)C1. The molecule has 1 fully saturated rings. The van der Waals surface area contributed by atoms with E-state index in [4.69, 9.17) is 9.84 Å². The third kappa shape index (κ3) is 4.13. The molecular formula is C14H19NO3.